The lowest BCUT2D eigenvalue weighted by Crippen LogP contribution is -2.09. The lowest BCUT2D eigenvalue weighted by atomic mass is 9.91. The van der Waals surface area contributed by atoms with Crippen molar-refractivity contribution in [2.45, 2.75) is 34.1 Å². The molecular formula is C10H16N2OS. The topological polar surface area (TPSA) is 45.5 Å². The third-order valence-electron chi connectivity index (χ3n) is 1.72. The van der Waals surface area contributed by atoms with Gasteiger partial charge in [-0.25, -0.2) is 4.98 Å². The molecule has 1 aromatic rings. The van der Waals surface area contributed by atoms with Crippen molar-refractivity contribution in [3.05, 3.63) is 16.1 Å². The summed E-state index contributed by atoms with van der Waals surface area (Å²) in [6, 6.07) is 0. The minimum atomic E-state index is 0.246. The number of thiazole rings is 1. The highest BCUT2D eigenvalue weighted by Crippen LogP contribution is 2.22. The largest absolute Gasteiger partial charge is 0.411 e. The average molecular weight is 212 g/mol. The Bertz CT molecular complexity index is 336. The van der Waals surface area contributed by atoms with Crippen molar-refractivity contribution in [1.29, 1.82) is 0 Å². The van der Waals surface area contributed by atoms with Gasteiger partial charge in [-0.2, -0.15) is 0 Å². The number of aromatic nitrogens is 1. The summed E-state index contributed by atoms with van der Waals surface area (Å²) in [6.45, 7) is 8.29. The van der Waals surface area contributed by atoms with Gasteiger partial charge in [-0.1, -0.05) is 25.9 Å². The third kappa shape index (κ3) is 3.10. The minimum absolute atomic E-state index is 0.246. The molecule has 1 heterocycles. The van der Waals surface area contributed by atoms with Crippen molar-refractivity contribution in [3.8, 4) is 0 Å². The lowest BCUT2D eigenvalue weighted by Gasteiger charge is -2.15. The predicted molar refractivity (Wildman–Crippen MR) is 59.3 cm³/mol. The number of hydrogen-bond acceptors (Lipinski definition) is 4. The van der Waals surface area contributed by atoms with Crippen LogP contribution in [0.4, 0.5) is 0 Å². The van der Waals surface area contributed by atoms with E-state index in [9.17, 15) is 0 Å². The number of oxime groups is 1. The summed E-state index contributed by atoms with van der Waals surface area (Å²) >= 11 is 1.52. The molecule has 0 saturated carbocycles. The minimum Gasteiger partial charge on any atom is -0.411 e. The molecule has 0 saturated heterocycles. The van der Waals surface area contributed by atoms with Crippen LogP contribution < -0.4 is 0 Å². The van der Waals surface area contributed by atoms with Crippen molar-refractivity contribution in [1.82, 2.24) is 4.98 Å². The van der Waals surface area contributed by atoms with Gasteiger partial charge in [0.1, 0.15) is 10.7 Å². The molecule has 0 amide bonds. The van der Waals surface area contributed by atoms with E-state index in [1.807, 2.05) is 5.38 Å². The molecule has 0 fully saturated rings. The standard InChI is InChI=1S/C10H16N2OS/c1-7(12-13)9-11-8(6-14-9)5-10(2,3)4/h6,13H,5H2,1-4H3/b12-7+. The summed E-state index contributed by atoms with van der Waals surface area (Å²) in [6.07, 6.45) is 0.947. The van der Waals surface area contributed by atoms with Crippen molar-refractivity contribution in [3.63, 3.8) is 0 Å². The summed E-state index contributed by atoms with van der Waals surface area (Å²) < 4.78 is 0. The molecule has 4 heteroatoms. The van der Waals surface area contributed by atoms with Crippen LogP contribution >= 0.6 is 11.3 Å². The van der Waals surface area contributed by atoms with Crippen LogP contribution in [0.2, 0.25) is 0 Å². The van der Waals surface area contributed by atoms with Gasteiger partial charge < -0.3 is 5.21 Å². The van der Waals surface area contributed by atoms with Crippen molar-refractivity contribution < 1.29 is 5.21 Å². The maximum absolute atomic E-state index is 8.58. The monoisotopic (exact) mass is 212 g/mol. The van der Waals surface area contributed by atoms with Gasteiger partial charge in [-0.05, 0) is 18.8 Å². The zero-order valence-electron chi connectivity index (χ0n) is 9.03. The molecule has 0 aliphatic rings. The van der Waals surface area contributed by atoms with Crippen LogP contribution in [-0.2, 0) is 6.42 Å². The Balaban J connectivity index is 2.79. The smallest absolute Gasteiger partial charge is 0.141 e. The van der Waals surface area contributed by atoms with Gasteiger partial charge in [0.25, 0.3) is 0 Å². The van der Waals surface area contributed by atoms with Crippen molar-refractivity contribution in [2.75, 3.05) is 0 Å². The van der Waals surface area contributed by atoms with E-state index in [0.29, 0.717) is 5.71 Å². The fraction of sp³-hybridized carbons (Fsp3) is 0.600. The van der Waals surface area contributed by atoms with Gasteiger partial charge in [-0.15, -0.1) is 11.3 Å². The highest BCUT2D eigenvalue weighted by molar-refractivity contribution is 7.11. The van der Waals surface area contributed by atoms with Crippen LogP contribution in [0.3, 0.4) is 0 Å². The molecule has 1 aromatic heterocycles. The molecule has 78 valence electrons. The van der Waals surface area contributed by atoms with E-state index in [1.165, 1.54) is 11.3 Å². The summed E-state index contributed by atoms with van der Waals surface area (Å²) in [5.41, 5.74) is 1.89. The van der Waals surface area contributed by atoms with Gasteiger partial charge >= 0.3 is 0 Å². The van der Waals surface area contributed by atoms with E-state index in [4.69, 9.17) is 5.21 Å². The van der Waals surface area contributed by atoms with Gasteiger partial charge in [0, 0.05) is 5.38 Å². The van der Waals surface area contributed by atoms with Crippen LogP contribution in [0.15, 0.2) is 10.5 Å². The molecule has 14 heavy (non-hydrogen) atoms. The zero-order valence-corrected chi connectivity index (χ0v) is 9.85. The van der Waals surface area contributed by atoms with E-state index in [-0.39, 0.29) is 5.41 Å². The van der Waals surface area contributed by atoms with E-state index >= 15 is 0 Å². The second kappa shape index (κ2) is 4.09. The Kier molecular flexibility index (Phi) is 3.26. The predicted octanol–water partition coefficient (Wildman–Crippen LogP) is 2.93. The fourth-order valence-electron chi connectivity index (χ4n) is 1.14. The molecule has 0 aliphatic carbocycles. The first-order valence-corrected chi connectivity index (χ1v) is 5.44. The highest BCUT2D eigenvalue weighted by atomic mass is 32.1. The molecule has 0 bridgehead atoms. The van der Waals surface area contributed by atoms with Crippen molar-refractivity contribution in [2.24, 2.45) is 10.6 Å². The summed E-state index contributed by atoms with van der Waals surface area (Å²) in [5.74, 6) is 0. The normalized spacial score (nSPS) is 13.3. The lowest BCUT2D eigenvalue weighted by molar-refractivity contribution is 0.319. The maximum atomic E-state index is 8.58. The van der Waals surface area contributed by atoms with Crippen LogP contribution in [0.1, 0.15) is 38.4 Å². The van der Waals surface area contributed by atoms with E-state index < -0.39 is 0 Å². The number of hydrogen-bond donors (Lipinski definition) is 1. The highest BCUT2D eigenvalue weighted by Gasteiger charge is 2.14. The Labute approximate surface area is 88.5 Å². The van der Waals surface area contributed by atoms with Crippen LogP contribution in [0.25, 0.3) is 0 Å². The van der Waals surface area contributed by atoms with Crippen molar-refractivity contribution >= 4 is 17.0 Å². The molecule has 0 atom stereocenters. The van der Waals surface area contributed by atoms with Crippen LogP contribution in [-0.4, -0.2) is 15.9 Å². The Morgan fingerprint density at radius 1 is 1.57 bits per heavy atom. The summed E-state index contributed by atoms with van der Waals surface area (Å²) in [5, 5.41) is 14.5. The number of nitrogens with zero attached hydrogens (tertiary/aromatic N) is 2. The summed E-state index contributed by atoms with van der Waals surface area (Å²) in [7, 11) is 0. The molecule has 0 aromatic carbocycles. The molecule has 3 nitrogen and oxygen atoms in total. The molecular weight excluding hydrogens is 196 g/mol. The van der Waals surface area contributed by atoms with E-state index in [1.54, 1.807) is 6.92 Å². The molecule has 1 N–H and O–H groups in total. The first-order chi connectivity index (χ1) is 6.42. The number of rotatable bonds is 2. The van der Waals surface area contributed by atoms with Gasteiger partial charge in [0.15, 0.2) is 0 Å². The first-order valence-electron chi connectivity index (χ1n) is 4.56. The Morgan fingerprint density at radius 3 is 2.71 bits per heavy atom. The van der Waals surface area contributed by atoms with E-state index in [2.05, 4.69) is 30.9 Å². The SMILES string of the molecule is C/C(=N\O)c1nc(CC(C)(C)C)cs1. The maximum Gasteiger partial charge on any atom is 0.141 e. The Hall–Kier alpha value is -0.900. The van der Waals surface area contributed by atoms with Crippen LogP contribution in [0, 0.1) is 5.41 Å². The fourth-order valence-corrected chi connectivity index (χ4v) is 1.91. The molecule has 0 radical (unpaired) electrons. The second-order valence-electron chi connectivity index (χ2n) is 4.57. The molecule has 0 aliphatic heterocycles. The van der Waals surface area contributed by atoms with Crippen LogP contribution in [0.5, 0.6) is 0 Å². The Morgan fingerprint density at radius 2 is 2.21 bits per heavy atom. The summed E-state index contributed by atoms with van der Waals surface area (Å²) in [4.78, 5) is 4.39. The van der Waals surface area contributed by atoms with E-state index in [0.717, 1.165) is 17.1 Å². The zero-order chi connectivity index (χ0) is 10.8. The third-order valence-corrected chi connectivity index (χ3v) is 2.72. The molecule has 0 unspecified atom stereocenters. The quantitative estimate of drug-likeness (QED) is 0.465. The average Bonchev–Trinajstić information content (AvgIpc) is 2.48. The second-order valence-corrected chi connectivity index (χ2v) is 5.42. The van der Waals surface area contributed by atoms with Gasteiger partial charge in [0.05, 0.1) is 5.69 Å². The first kappa shape index (κ1) is 11.2. The van der Waals surface area contributed by atoms with Gasteiger partial charge in [-0.3, -0.25) is 0 Å². The molecule has 1 rings (SSSR count). The van der Waals surface area contributed by atoms with Gasteiger partial charge in [0.2, 0.25) is 0 Å². The molecule has 0 spiro atoms.